The van der Waals surface area contributed by atoms with E-state index in [4.69, 9.17) is 11.5 Å². The summed E-state index contributed by atoms with van der Waals surface area (Å²) in [5.41, 5.74) is 12.9. The van der Waals surface area contributed by atoms with E-state index >= 15 is 0 Å². The van der Waals surface area contributed by atoms with Gasteiger partial charge in [0.1, 0.15) is 5.65 Å². The zero-order valence-corrected chi connectivity index (χ0v) is 12.1. The Morgan fingerprint density at radius 2 is 1.96 bits per heavy atom. The van der Waals surface area contributed by atoms with Crippen LogP contribution in [-0.2, 0) is 4.79 Å². The van der Waals surface area contributed by atoms with Gasteiger partial charge in [-0.1, -0.05) is 18.2 Å². The normalized spacial score (nSPS) is 11.6. The average molecular weight is 306 g/mol. The van der Waals surface area contributed by atoms with E-state index in [-0.39, 0.29) is 11.5 Å². The lowest BCUT2D eigenvalue weighted by atomic mass is 10.0. The van der Waals surface area contributed by atoms with Gasteiger partial charge in [0.25, 0.3) is 5.91 Å². The number of carbonyl (C=O) groups is 2. The number of hydrogen-bond donors (Lipinski definition) is 3. The molecule has 2 aromatic heterocycles. The molecular formula is C17H14N4O2. The van der Waals surface area contributed by atoms with Gasteiger partial charge in [-0.05, 0) is 29.8 Å². The Hall–Kier alpha value is -3.41. The number of aromatic amines is 1. The van der Waals surface area contributed by atoms with Crippen molar-refractivity contribution in [2.75, 3.05) is 0 Å². The maximum atomic E-state index is 12.7. The molecule has 0 radical (unpaired) electrons. The van der Waals surface area contributed by atoms with Crippen molar-refractivity contribution < 1.29 is 9.59 Å². The van der Waals surface area contributed by atoms with Crippen LogP contribution in [0.25, 0.3) is 17.1 Å². The quantitative estimate of drug-likeness (QED) is 0.501. The Labute approximate surface area is 131 Å². The number of primary amides is 1. The number of nitrogens with two attached hydrogens (primary N) is 2. The number of hydrogen-bond acceptors (Lipinski definition) is 4. The highest BCUT2D eigenvalue weighted by molar-refractivity contribution is 6.16. The molecular weight excluding hydrogens is 292 g/mol. The Kier molecular flexibility index (Phi) is 3.64. The molecule has 0 aliphatic heterocycles. The number of nitrogens with zero attached hydrogens (tertiary/aromatic N) is 1. The van der Waals surface area contributed by atoms with Crippen LogP contribution in [0, 0.1) is 0 Å². The van der Waals surface area contributed by atoms with E-state index in [1.165, 1.54) is 6.08 Å². The fraction of sp³-hybridized carbons (Fsp3) is 0. The molecule has 1 aromatic carbocycles. The van der Waals surface area contributed by atoms with Crippen LogP contribution in [0.3, 0.4) is 0 Å². The Morgan fingerprint density at radius 3 is 2.74 bits per heavy atom. The van der Waals surface area contributed by atoms with Gasteiger partial charge in [-0.2, -0.15) is 0 Å². The SMILES string of the molecule is NC(=O)/C(N)=C/c1cccc(C(=O)c2c[nH]c3ncccc23)c1. The minimum Gasteiger partial charge on any atom is -0.394 e. The third kappa shape index (κ3) is 2.82. The summed E-state index contributed by atoms with van der Waals surface area (Å²) < 4.78 is 0. The van der Waals surface area contributed by atoms with E-state index in [2.05, 4.69) is 9.97 Å². The molecule has 2 heterocycles. The summed E-state index contributed by atoms with van der Waals surface area (Å²) in [6.07, 6.45) is 4.74. The van der Waals surface area contributed by atoms with E-state index < -0.39 is 5.91 Å². The van der Waals surface area contributed by atoms with Crippen molar-refractivity contribution in [1.29, 1.82) is 0 Å². The molecule has 6 nitrogen and oxygen atoms in total. The van der Waals surface area contributed by atoms with E-state index in [0.717, 1.165) is 5.39 Å². The summed E-state index contributed by atoms with van der Waals surface area (Å²) in [7, 11) is 0. The van der Waals surface area contributed by atoms with E-state index in [9.17, 15) is 9.59 Å². The largest absolute Gasteiger partial charge is 0.394 e. The highest BCUT2D eigenvalue weighted by Gasteiger charge is 2.14. The predicted octanol–water partition coefficient (Wildman–Crippen LogP) is 1.58. The molecule has 0 saturated heterocycles. The van der Waals surface area contributed by atoms with Crippen molar-refractivity contribution in [3.63, 3.8) is 0 Å². The molecule has 0 fully saturated rings. The first-order valence-corrected chi connectivity index (χ1v) is 6.90. The van der Waals surface area contributed by atoms with E-state index in [1.54, 1.807) is 42.7 Å². The number of ketones is 1. The number of rotatable bonds is 4. The molecule has 23 heavy (non-hydrogen) atoms. The van der Waals surface area contributed by atoms with Gasteiger partial charge in [-0.25, -0.2) is 4.98 Å². The maximum absolute atomic E-state index is 12.7. The van der Waals surface area contributed by atoms with Crippen molar-refractivity contribution in [3.05, 3.63) is 71.2 Å². The molecule has 0 atom stereocenters. The summed E-state index contributed by atoms with van der Waals surface area (Å²) in [6, 6.07) is 10.4. The molecule has 0 saturated carbocycles. The Balaban J connectivity index is 2.00. The molecule has 3 aromatic rings. The van der Waals surface area contributed by atoms with Crippen LogP contribution >= 0.6 is 0 Å². The molecule has 0 aliphatic rings. The topological polar surface area (TPSA) is 115 Å². The van der Waals surface area contributed by atoms with Crippen molar-refractivity contribution in [2.45, 2.75) is 0 Å². The second kappa shape index (κ2) is 5.76. The second-order valence-electron chi connectivity index (χ2n) is 5.02. The van der Waals surface area contributed by atoms with Gasteiger partial charge < -0.3 is 16.5 Å². The number of fused-ring (bicyclic) bond motifs is 1. The number of nitrogens with one attached hydrogen (secondary N) is 1. The molecule has 0 bridgehead atoms. The summed E-state index contributed by atoms with van der Waals surface area (Å²) in [4.78, 5) is 30.9. The van der Waals surface area contributed by atoms with Crippen LogP contribution in [-0.4, -0.2) is 21.7 Å². The first-order chi connectivity index (χ1) is 11.1. The molecule has 114 valence electrons. The zero-order chi connectivity index (χ0) is 16.4. The highest BCUT2D eigenvalue weighted by atomic mass is 16.1. The number of H-pyrrole nitrogens is 1. The van der Waals surface area contributed by atoms with Gasteiger partial charge >= 0.3 is 0 Å². The van der Waals surface area contributed by atoms with E-state index in [0.29, 0.717) is 22.3 Å². The first kappa shape index (κ1) is 14.5. The summed E-state index contributed by atoms with van der Waals surface area (Å²) in [6.45, 7) is 0. The fourth-order valence-corrected chi connectivity index (χ4v) is 2.32. The maximum Gasteiger partial charge on any atom is 0.264 e. The third-order valence-corrected chi connectivity index (χ3v) is 3.45. The van der Waals surface area contributed by atoms with Gasteiger partial charge in [0.05, 0.1) is 5.70 Å². The van der Waals surface area contributed by atoms with Crippen LogP contribution < -0.4 is 11.5 Å². The van der Waals surface area contributed by atoms with Gasteiger partial charge in [-0.15, -0.1) is 0 Å². The summed E-state index contributed by atoms with van der Waals surface area (Å²) in [5.74, 6) is -0.846. The van der Waals surface area contributed by atoms with Crippen molar-refractivity contribution in [3.8, 4) is 0 Å². The lowest BCUT2D eigenvalue weighted by Crippen LogP contribution is -2.19. The minimum absolute atomic E-state index is 0.0640. The second-order valence-corrected chi connectivity index (χ2v) is 5.02. The lowest BCUT2D eigenvalue weighted by molar-refractivity contribution is -0.114. The average Bonchev–Trinajstić information content (AvgIpc) is 2.98. The van der Waals surface area contributed by atoms with Crippen molar-refractivity contribution >= 4 is 28.8 Å². The highest BCUT2D eigenvalue weighted by Crippen LogP contribution is 2.20. The first-order valence-electron chi connectivity index (χ1n) is 6.90. The summed E-state index contributed by atoms with van der Waals surface area (Å²) >= 11 is 0. The fourth-order valence-electron chi connectivity index (χ4n) is 2.32. The molecule has 3 rings (SSSR count). The number of amides is 1. The molecule has 0 aliphatic carbocycles. The molecule has 0 unspecified atom stereocenters. The Morgan fingerprint density at radius 1 is 1.13 bits per heavy atom. The van der Waals surface area contributed by atoms with E-state index in [1.807, 2.05) is 6.07 Å². The zero-order valence-electron chi connectivity index (χ0n) is 12.1. The third-order valence-electron chi connectivity index (χ3n) is 3.45. The minimum atomic E-state index is -0.704. The van der Waals surface area contributed by atoms with Gasteiger partial charge in [0.2, 0.25) is 0 Å². The van der Waals surface area contributed by atoms with Gasteiger partial charge in [0, 0.05) is 28.9 Å². The number of carbonyl (C=O) groups excluding carboxylic acids is 2. The number of aromatic nitrogens is 2. The Bertz CT molecular complexity index is 940. The summed E-state index contributed by atoms with van der Waals surface area (Å²) in [5, 5.41) is 0.759. The standard InChI is InChI=1S/C17H14N4O2/c18-14(16(19)23)8-10-3-1-4-11(7-10)15(22)13-9-21-17-12(13)5-2-6-20-17/h1-9H,18H2,(H2,19,23)(H,20,21)/b14-8-. The predicted molar refractivity (Wildman–Crippen MR) is 87.3 cm³/mol. The molecule has 5 N–H and O–H groups in total. The van der Waals surface area contributed by atoms with Gasteiger partial charge in [0.15, 0.2) is 5.78 Å². The van der Waals surface area contributed by atoms with Crippen LogP contribution in [0.1, 0.15) is 21.5 Å². The number of pyridine rings is 1. The van der Waals surface area contributed by atoms with Crippen molar-refractivity contribution in [2.24, 2.45) is 11.5 Å². The van der Waals surface area contributed by atoms with Crippen LogP contribution in [0.2, 0.25) is 0 Å². The monoisotopic (exact) mass is 306 g/mol. The van der Waals surface area contributed by atoms with Crippen LogP contribution in [0.4, 0.5) is 0 Å². The van der Waals surface area contributed by atoms with Crippen LogP contribution in [0.15, 0.2) is 54.5 Å². The van der Waals surface area contributed by atoms with Crippen molar-refractivity contribution in [1.82, 2.24) is 9.97 Å². The lowest BCUT2D eigenvalue weighted by Gasteiger charge is -2.02. The van der Waals surface area contributed by atoms with Crippen LogP contribution in [0.5, 0.6) is 0 Å². The smallest absolute Gasteiger partial charge is 0.264 e. The molecule has 1 amide bonds. The molecule has 0 spiro atoms. The number of benzene rings is 1. The molecule has 6 heteroatoms. The van der Waals surface area contributed by atoms with Gasteiger partial charge in [-0.3, -0.25) is 9.59 Å².